The molecule has 0 saturated heterocycles. The summed E-state index contributed by atoms with van der Waals surface area (Å²) in [6, 6.07) is 11.2. The van der Waals surface area contributed by atoms with Crippen molar-refractivity contribution in [2.45, 2.75) is 12.8 Å². The van der Waals surface area contributed by atoms with Gasteiger partial charge in [0.2, 0.25) is 0 Å². The third-order valence-electron chi connectivity index (χ3n) is 3.61. The van der Waals surface area contributed by atoms with Crippen LogP contribution in [0.1, 0.15) is 12.0 Å². The first-order valence-electron chi connectivity index (χ1n) is 7.20. The van der Waals surface area contributed by atoms with Crippen LogP contribution < -0.4 is 14.2 Å². The molecule has 2 aromatic rings. The van der Waals surface area contributed by atoms with Crippen molar-refractivity contribution in [1.82, 2.24) is 0 Å². The second-order valence-electron chi connectivity index (χ2n) is 4.96. The molecule has 0 aromatic heterocycles. The van der Waals surface area contributed by atoms with Crippen molar-refractivity contribution in [3.63, 3.8) is 0 Å². The molecule has 23 heavy (non-hydrogen) atoms. The molecule has 0 saturated carbocycles. The third-order valence-corrected chi connectivity index (χ3v) is 3.61. The van der Waals surface area contributed by atoms with E-state index in [1.54, 1.807) is 21.3 Å². The molecule has 2 rings (SSSR count). The van der Waals surface area contributed by atoms with Gasteiger partial charge in [-0.15, -0.1) is 0 Å². The Morgan fingerprint density at radius 2 is 1.78 bits per heavy atom. The maximum Gasteiger partial charge on any atom is 0.303 e. The maximum atomic E-state index is 10.9. The molecule has 2 aromatic carbocycles. The van der Waals surface area contributed by atoms with Crippen LogP contribution in [0.2, 0.25) is 0 Å². The summed E-state index contributed by atoms with van der Waals surface area (Å²) >= 11 is 0. The monoisotopic (exact) mass is 316 g/mol. The smallest absolute Gasteiger partial charge is 0.303 e. The van der Waals surface area contributed by atoms with Crippen LogP contribution in [-0.2, 0) is 11.2 Å². The van der Waals surface area contributed by atoms with E-state index in [4.69, 9.17) is 19.3 Å². The zero-order chi connectivity index (χ0) is 16.8. The van der Waals surface area contributed by atoms with Crippen LogP contribution in [0.3, 0.4) is 0 Å². The van der Waals surface area contributed by atoms with Crippen LogP contribution >= 0.6 is 0 Å². The number of ether oxygens (including phenoxy) is 3. The normalized spacial score (nSPS) is 10.2. The van der Waals surface area contributed by atoms with Crippen LogP contribution in [-0.4, -0.2) is 32.4 Å². The number of benzene rings is 2. The van der Waals surface area contributed by atoms with Crippen LogP contribution in [0.25, 0.3) is 11.1 Å². The molecule has 0 aliphatic rings. The molecule has 0 fully saturated rings. The summed E-state index contributed by atoms with van der Waals surface area (Å²) in [5, 5.41) is 8.97. The summed E-state index contributed by atoms with van der Waals surface area (Å²) in [7, 11) is 4.75. The first kappa shape index (κ1) is 16.7. The van der Waals surface area contributed by atoms with Gasteiger partial charge in [0.1, 0.15) is 5.75 Å². The summed E-state index contributed by atoms with van der Waals surface area (Å²) < 4.78 is 16.1. The first-order valence-corrected chi connectivity index (χ1v) is 7.20. The zero-order valence-corrected chi connectivity index (χ0v) is 13.5. The molecule has 0 radical (unpaired) electrons. The molecule has 0 atom stereocenters. The molecule has 0 aliphatic heterocycles. The topological polar surface area (TPSA) is 65.0 Å². The predicted molar refractivity (Wildman–Crippen MR) is 87.5 cm³/mol. The second-order valence-corrected chi connectivity index (χ2v) is 4.96. The summed E-state index contributed by atoms with van der Waals surface area (Å²) in [6.45, 7) is 0. The number of hydrogen-bond donors (Lipinski definition) is 1. The number of hydrogen-bond acceptors (Lipinski definition) is 4. The highest BCUT2D eigenvalue weighted by Crippen LogP contribution is 2.40. The number of rotatable bonds is 7. The van der Waals surface area contributed by atoms with Gasteiger partial charge in [0, 0.05) is 12.0 Å². The lowest BCUT2D eigenvalue weighted by atomic mass is 9.95. The van der Waals surface area contributed by atoms with Crippen LogP contribution in [0.5, 0.6) is 17.2 Å². The number of aliphatic carboxylic acids is 1. The van der Waals surface area contributed by atoms with Gasteiger partial charge in [0.05, 0.1) is 21.3 Å². The number of carboxylic acids is 1. The minimum atomic E-state index is -0.837. The Balaban J connectivity index is 2.56. The number of para-hydroxylation sites is 1. The van der Waals surface area contributed by atoms with E-state index in [-0.39, 0.29) is 6.42 Å². The van der Waals surface area contributed by atoms with Gasteiger partial charge < -0.3 is 19.3 Å². The Labute approximate surface area is 135 Å². The number of methoxy groups -OCH3 is 3. The number of carboxylic acid groups (broad SMARTS) is 1. The fourth-order valence-electron chi connectivity index (χ4n) is 2.51. The molecule has 5 heteroatoms. The Hall–Kier alpha value is -2.69. The molecule has 122 valence electrons. The van der Waals surface area contributed by atoms with Crippen LogP contribution in [0.15, 0.2) is 36.4 Å². The van der Waals surface area contributed by atoms with Crippen molar-refractivity contribution in [1.29, 1.82) is 0 Å². The summed E-state index contributed by atoms with van der Waals surface area (Å²) in [5.41, 5.74) is 2.65. The van der Waals surface area contributed by atoms with E-state index in [0.717, 1.165) is 16.7 Å². The predicted octanol–water partition coefficient (Wildman–Crippen LogP) is 3.40. The first-order chi connectivity index (χ1) is 11.1. The summed E-state index contributed by atoms with van der Waals surface area (Å²) in [5.74, 6) is 1.11. The Morgan fingerprint density at radius 3 is 2.39 bits per heavy atom. The Bertz CT molecular complexity index is 694. The van der Waals surface area contributed by atoms with E-state index < -0.39 is 5.97 Å². The van der Waals surface area contributed by atoms with E-state index in [0.29, 0.717) is 23.7 Å². The van der Waals surface area contributed by atoms with E-state index in [9.17, 15) is 4.79 Å². The van der Waals surface area contributed by atoms with Gasteiger partial charge in [-0.3, -0.25) is 4.79 Å². The maximum absolute atomic E-state index is 10.9. The van der Waals surface area contributed by atoms with Gasteiger partial charge in [0.15, 0.2) is 11.5 Å². The van der Waals surface area contributed by atoms with Crippen molar-refractivity contribution >= 4 is 5.97 Å². The molecule has 0 heterocycles. The zero-order valence-electron chi connectivity index (χ0n) is 13.5. The molecule has 0 amide bonds. The highest BCUT2D eigenvalue weighted by molar-refractivity contribution is 5.77. The van der Waals surface area contributed by atoms with Gasteiger partial charge >= 0.3 is 5.97 Å². The molecule has 5 nitrogen and oxygen atoms in total. The SMILES string of the molecule is COc1ccc(-c2cccc(OC)c2OC)c(CCC(=O)O)c1. The van der Waals surface area contributed by atoms with Crippen LogP contribution in [0, 0.1) is 0 Å². The second kappa shape index (κ2) is 7.54. The quantitative estimate of drug-likeness (QED) is 0.848. The lowest BCUT2D eigenvalue weighted by Crippen LogP contribution is -2.01. The molecular weight excluding hydrogens is 296 g/mol. The molecule has 0 aliphatic carbocycles. The van der Waals surface area contributed by atoms with Gasteiger partial charge in [-0.1, -0.05) is 18.2 Å². The van der Waals surface area contributed by atoms with Gasteiger partial charge in [-0.2, -0.15) is 0 Å². The molecule has 0 bridgehead atoms. The minimum Gasteiger partial charge on any atom is -0.497 e. The van der Waals surface area contributed by atoms with Crippen molar-refractivity contribution < 1.29 is 24.1 Å². The average Bonchev–Trinajstić information content (AvgIpc) is 2.58. The number of carbonyl (C=O) groups is 1. The summed E-state index contributed by atoms with van der Waals surface area (Å²) in [6.07, 6.45) is 0.453. The van der Waals surface area contributed by atoms with E-state index in [1.807, 2.05) is 36.4 Å². The number of aryl methyl sites for hydroxylation is 1. The third kappa shape index (κ3) is 3.74. The van der Waals surface area contributed by atoms with Gasteiger partial charge in [0.25, 0.3) is 0 Å². The highest BCUT2D eigenvalue weighted by Gasteiger charge is 2.15. The molecule has 1 N–H and O–H groups in total. The lowest BCUT2D eigenvalue weighted by molar-refractivity contribution is -0.136. The van der Waals surface area contributed by atoms with Crippen molar-refractivity contribution in [2.24, 2.45) is 0 Å². The van der Waals surface area contributed by atoms with Crippen molar-refractivity contribution in [2.75, 3.05) is 21.3 Å². The average molecular weight is 316 g/mol. The van der Waals surface area contributed by atoms with E-state index >= 15 is 0 Å². The van der Waals surface area contributed by atoms with E-state index in [1.165, 1.54) is 0 Å². The Kier molecular flexibility index (Phi) is 5.46. The largest absolute Gasteiger partial charge is 0.497 e. The standard InChI is InChI=1S/C18H20O5/c1-21-13-8-9-14(12(11-13)7-10-17(19)20)15-5-4-6-16(22-2)18(15)23-3/h4-6,8-9,11H,7,10H2,1-3H3,(H,19,20). The fraction of sp³-hybridized carbons (Fsp3) is 0.278. The minimum absolute atomic E-state index is 0.0481. The van der Waals surface area contributed by atoms with Gasteiger partial charge in [-0.05, 0) is 35.7 Å². The highest BCUT2D eigenvalue weighted by atomic mass is 16.5. The molecular formula is C18H20O5. The van der Waals surface area contributed by atoms with Crippen molar-refractivity contribution in [3.05, 3.63) is 42.0 Å². The Morgan fingerprint density at radius 1 is 1.00 bits per heavy atom. The van der Waals surface area contributed by atoms with Crippen LogP contribution in [0.4, 0.5) is 0 Å². The van der Waals surface area contributed by atoms with Gasteiger partial charge in [-0.25, -0.2) is 0 Å². The van der Waals surface area contributed by atoms with Crippen molar-refractivity contribution in [3.8, 4) is 28.4 Å². The molecule has 0 unspecified atom stereocenters. The van der Waals surface area contributed by atoms with E-state index in [2.05, 4.69) is 0 Å². The fourth-order valence-corrected chi connectivity index (χ4v) is 2.51. The molecule has 0 spiro atoms. The lowest BCUT2D eigenvalue weighted by Gasteiger charge is -2.16. The summed E-state index contributed by atoms with van der Waals surface area (Å²) in [4.78, 5) is 10.9.